The van der Waals surface area contributed by atoms with Gasteiger partial charge in [-0.3, -0.25) is 25.2 Å². The molecule has 174 valence electrons. The fraction of sp³-hybridized carbons (Fsp3) is 0.115. The van der Waals surface area contributed by atoms with Crippen LogP contribution in [0.5, 0.6) is 0 Å². The average molecular weight is 467 g/mol. The Kier molecular flexibility index (Phi) is 5.58. The van der Waals surface area contributed by atoms with E-state index in [1.165, 1.54) is 4.68 Å². The third-order valence-electron chi connectivity index (χ3n) is 5.83. The Bertz CT molecular complexity index is 1650. The molecule has 35 heavy (non-hydrogen) atoms. The monoisotopic (exact) mass is 466 g/mol. The predicted molar refractivity (Wildman–Crippen MR) is 132 cm³/mol. The molecule has 0 aliphatic rings. The summed E-state index contributed by atoms with van der Waals surface area (Å²) < 4.78 is 3.23. The van der Waals surface area contributed by atoms with Crippen LogP contribution in [0.1, 0.15) is 33.6 Å². The highest BCUT2D eigenvalue weighted by molar-refractivity contribution is 6.06. The van der Waals surface area contributed by atoms with E-state index < -0.39 is 11.8 Å². The number of aromatic nitrogens is 4. The van der Waals surface area contributed by atoms with Gasteiger partial charge >= 0.3 is 0 Å². The van der Waals surface area contributed by atoms with E-state index in [2.05, 4.69) is 25.5 Å². The summed E-state index contributed by atoms with van der Waals surface area (Å²) in [5.74, 6) is -0.282. The zero-order chi connectivity index (χ0) is 24.5. The molecule has 0 unspecified atom stereocenters. The summed E-state index contributed by atoms with van der Waals surface area (Å²) in [7, 11) is 0. The first-order valence-electron chi connectivity index (χ1n) is 11.1. The van der Waals surface area contributed by atoms with E-state index in [4.69, 9.17) is 0 Å². The van der Waals surface area contributed by atoms with Gasteiger partial charge in [-0.15, -0.1) is 0 Å². The number of carbonyl (C=O) groups is 2. The number of para-hydroxylation sites is 1. The Morgan fingerprint density at radius 1 is 0.886 bits per heavy atom. The van der Waals surface area contributed by atoms with Crippen molar-refractivity contribution in [2.45, 2.75) is 20.4 Å². The number of benzene rings is 3. The van der Waals surface area contributed by atoms with E-state index in [-0.39, 0.29) is 11.3 Å². The summed E-state index contributed by atoms with van der Waals surface area (Å²) in [4.78, 5) is 43.3. The Morgan fingerprint density at radius 2 is 1.57 bits per heavy atom. The summed E-state index contributed by atoms with van der Waals surface area (Å²) in [5, 5.41) is 5.04. The third kappa shape index (κ3) is 3.93. The Balaban J connectivity index is 1.44. The van der Waals surface area contributed by atoms with Gasteiger partial charge in [-0.05, 0) is 50.2 Å². The normalized spacial score (nSPS) is 11.0. The smallest absolute Gasteiger partial charge is 0.290 e. The number of imidazole rings is 1. The number of hydrogen-bond donors (Lipinski definition) is 2. The maximum atomic E-state index is 13.1. The maximum absolute atomic E-state index is 13.1. The van der Waals surface area contributed by atoms with Gasteiger partial charge in [0.05, 0.1) is 22.1 Å². The summed E-state index contributed by atoms with van der Waals surface area (Å²) in [6.07, 6.45) is 0. The van der Waals surface area contributed by atoms with Crippen molar-refractivity contribution in [1.29, 1.82) is 0 Å². The summed E-state index contributed by atoms with van der Waals surface area (Å²) >= 11 is 0. The molecule has 0 atom stereocenters. The van der Waals surface area contributed by atoms with E-state index in [1.807, 2.05) is 26.0 Å². The Labute approximate surface area is 200 Å². The highest BCUT2D eigenvalue weighted by Crippen LogP contribution is 2.18. The van der Waals surface area contributed by atoms with Gasteiger partial charge in [-0.2, -0.15) is 9.78 Å². The summed E-state index contributed by atoms with van der Waals surface area (Å²) in [5.41, 5.74) is 7.03. The number of nitrogens with zero attached hydrogens (tertiary/aromatic N) is 4. The topological polar surface area (TPSA) is 111 Å². The first kappa shape index (κ1) is 22.0. The molecule has 0 radical (unpaired) electrons. The number of aryl methyl sites for hydroxylation is 2. The minimum absolute atomic E-state index is 0.0112. The van der Waals surface area contributed by atoms with Crippen LogP contribution in [0, 0.1) is 6.92 Å². The maximum Gasteiger partial charge on any atom is 0.290 e. The van der Waals surface area contributed by atoms with Crippen molar-refractivity contribution >= 4 is 33.6 Å². The average Bonchev–Trinajstić information content (AvgIpc) is 3.21. The van der Waals surface area contributed by atoms with Crippen LogP contribution < -0.4 is 16.4 Å². The second-order valence-electron chi connectivity index (χ2n) is 7.96. The molecule has 0 bridgehead atoms. The second kappa shape index (κ2) is 8.86. The van der Waals surface area contributed by atoms with Crippen molar-refractivity contribution in [2.24, 2.45) is 0 Å². The highest BCUT2D eigenvalue weighted by atomic mass is 16.2. The molecular formula is C26H22N6O3. The SMILES string of the molecule is CCn1c(C)nc2cc(C(=O)NNC(=O)c3nn(-c4ccccc4)c(=O)c4ccccc34)ccc21. The van der Waals surface area contributed by atoms with Gasteiger partial charge in [0, 0.05) is 17.5 Å². The minimum atomic E-state index is -0.647. The molecule has 2 N–H and O–H groups in total. The van der Waals surface area contributed by atoms with Crippen LogP contribution in [0.2, 0.25) is 0 Å². The Hall–Kier alpha value is -4.79. The van der Waals surface area contributed by atoms with Crippen molar-refractivity contribution < 1.29 is 9.59 Å². The van der Waals surface area contributed by atoms with Gasteiger partial charge in [-0.1, -0.05) is 36.4 Å². The molecule has 9 nitrogen and oxygen atoms in total. The first-order valence-corrected chi connectivity index (χ1v) is 11.1. The lowest BCUT2D eigenvalue weighted by Gasteiger charge is -2.12. The largest absolute Gasteiger partial charge is 0.329 e. The van der Waals surface area contributed by atoms with Crippen LogP contribution in [0.15, 0.2) is 77.6 Å². The van der Waals surface area contributed by atoms with Crippen LogP contribution in [0.25, 0.3) is 27.5 Å². The van der Waals surface area contributed by atoms with E-state index >= 15 is 0 Å². The molecule has 2 aromatic heterocycles. The third-order valence-corrected chi connectivity index (χ3v) is 5.83. The lowest BCUT2D eigenvalue weighted by atomic mass is 10.1. The minimum Gasteiger partial charge on any atom is -0.329 e. The molecule has 0 fully saturated rings. The van der Waals surface area contributed by atoms with Gasteiger partial charge in [0.25, 0.3) is 17.4 Å². The number of fused-ring (bicyclic) bond motifs is 2. The van der Waals surface area contributed by atoms with Crippen molar-refractivity contribution in [3.8, 4) is 5.69 Å². The van der Waals surface area contributed by atoms with Crippen molar-refractivity contribution in [1.82, 2.24) is 30.2 Å². The molecule has 5 rings (SSSR count). The second-order valence-corrected chi connectivity index (χ2v) is 7.96. The van der Waals surface area contributed by atoms with E-state index in [1.54, 1.807) is 60.7 Å². The fourth-order valence-corrected chi connectivity index (χ4v) is 4.14. The first-order chi connectivity index (χ1) is 17.0. The molecule has 0 aliphatic carbocycles. The number of hydrogen-bond acceptors (Lipinski definition) is 5. The molecule has 0 saturated heterocycles. The zero-order valence-electron chi connectivity index (χ0n) is 19.1. The van der Waals surface area contributed by atoms with E-state index in [0.717, 1.165) is 17.9 Å². The standard InChI is InChI=1S/C26H22N6O3/c1-3-31-16(2)27-21-15-17(13-14-22(21)31)24(33)28-29-25(34)23-19-11-7-8-12-20(19)26(35)32(30-23)18-9-5-4-6-10-18/h4-15H,3H2,1-2H3,(H,28,33)(H,29,34). The molecule has 3 aromatic carbocycles. The number of rotatable bonds is 4. The summed E-state index contributed by atoms with van der Waals surface area (Å²) in [6.45, 7) is 4.72. The van der Waals surface area contributed by atoms with Crippen LogP contribution in [0.4, 0.5) is 0 Å². The van der Waals surface area contributed by atoms with Crippen molar-refractivity contribution in [2.75, 3.05) is 0 Å². The number of carbonyl (C=O) groups excluding carboxylic acids is 2. The molecule has 5 aromatic rings. The van der Waals surface area contributed by atoms with Crippen LogP contribution in [-0.4, -0.2) is 31.1 Å². The van der Waals surface area contributed by atoms with Crippen LogP contribution >= 0.6 is 0 Å². The fourth-order valence-electron chi connectivity index (χ4n) is 4.14. The molecule has 0 spiro atoms. The lowest BCUT2D eigenvalue weighted by molar-refractivity contribution is 0.0844. The van der Waals surface area contributed by atoms with Gasteiger partial charge in [0.15, 0.2) is 5.69 Å². The number of hydrazine groups is 1. The van der Waals surface area contributed by atoms with Crippen molar-refractivity contribution in [3.05, 3.63) is 100 Å². The quantitative estimate of drug-likeness (QED) is 0.396. The van der Waals surface area contributed by atoms with Gasteiger partial charge in [-0.25, -0.2) is 4.98 Å². The molecular weight excluding hydrogens is 444 g/mol. The molecule has 0 saturated carbocycles. The van der Waals surface area contributed by atoms with Crippen LogP contribution in [0.3, 0.4) is 0 Å². The summed E-state index contributed by atoms with van der Waals surface area (Å²) in [6, 6.07) is 20.8. The lowest BCUT2D eigenvalue weighted by Crippen LogP contribution is -2.42. The Morgan fingerprint density at radius 3 is 2.31 bits per heavy atom. The van der Waals surface area contributed by atoms with Gasteiger partial charge < -0.3 is 4.57 Å². The highest BCUT2D eigenvalue weighted by Gasteiger charge is 2.18. The van der Waals surface area contributed by atoms with E-state index in [9.17, 15) is 14.4 Å². The molecule has 2 amide bonds. The van der Waals surface area contributed by atoms with Gasteiger partial charge in [0.1, 0.15) is 5.82 Å². The molecule has 2 heterocycles. The van der Waals surface area contributed by atoms with Crippen molar-refractivity contribution in [3.63, 3.8) is 0 Å². The van der Waals surface area contributed by atoms with E-state index in [0.29, 0.717) is 27.5 Å². The van der Waals surface area contributed by atoms with Gasteiger partial charge in [0.2, 0.25) is 0 Å². The zero-order valence-corrected chi connectivity index (χ0v) is 19.1. The molecule has 0 aliphatic heterocycles. The molecule has 9 heteroatoms. The van der Waals surface area contributed by atoms with Crippen LogP contribution in [-0.2, 0) is 6.54 Å². The number of nitrogens with one attached hydrogen (secondary N) is 2. The predicted octanol–water partition coefficient (Wildman–Crippen LogP) is 3.14. The number of amides is 2.